The first kappa shape index (κ1) is 13.7. The molecule has 0 aliphatic carbocycles. The number of aliphatic hydroxyl groups is 1. The second kappa shape index (κ2) is 6.04. The summed E-state index contributed by atoms with van der Waals surface area (Å²) in [6.07, 6.45) is 4.44. The summed E-state index contributed by atoms with van der Waals surface area (Å²) < 4.78 is 1.62. The van der Waals surface area contributed by atoms with Crippen LogP contribution in [0.2, 0.25) is 0 Å². The SMILES string of the molecule is CCNc1nc(N2CCC(CO)C2)nc(-n2cccn2)n1. The topological polar surface area (TPSA) is 92.0 Å². The monoisotopic (exact) mass is 289 g/mol. The Morgan fingerprint density at radius 3 is 2.86 bits per heavy atom. The van der Waals surface area contributed by atoms with Crippen LogP contribution in [0.4, 0.5) is 11.9 Å². The van der Waals surface area contributed by atoms with Crippen LogP contribution in [0.25, 0.3) is 5.95 Å². The summed E-state index contributed by atoms with van der Waals surface area (Å²) >= 11 is 0. The first-order valence-electron chi connectivity index (χ1n) is 7.16. The van der Waals surface area contributed by atoms with Crippen LogP contribution in [0.3, 0.4) is 0 Å². The van der Waals surface area contributed by atoms with E-state index < -0.39 is 0 Å². The van der Waals surface area contributed by atoms with Gasteiger partial charge >= 0.3 is 0 Å². The van der Waals surface area contributed by atoms with Crippen LogP contribution >= 0.6 is 0 Å². The summed E-state index contributed by atoms with van der Waals surface area (Å²) in [7, 11) is 0. The van der Waals surface area contributed by atoms with Gasteiger partial charge in [-0.2, -0.15) is 20.1 Å². The van der Waals surface area contributed by atoms with Gasteiger partial charge in [-0.15, -0.1) is 0 Å². The van der Waals surface area contributed by atoms with Gasteiger partial charge < -0.3 is 15.3 Å². The van der Waals surface area contributed by atoms with Crippen molar-refractivity contribution in [2.45, 2.75) is 13.3 Å². The van der Waals surface area contributed by atoms with Gasteiger partial charge in [0.05, 0.1) is 0 Å². The number of anilines is 2. The minimum atomic E-state index is 0.202. The number of aromatic nitrogens is 5. The Labute approximate surface area is 122 Å². The molecule has 0 saturated carbocycles. The lowest BCUT2D eigenvalue weighted by Crippen LogP contribution is -2.24. The molecule has 8 heteroatoms. The summed E-state index contributed by atoms with van der Waals surface area (Å²) in [5.74, 6) is 1.95. The summed E-state index contributed by atoms with van der Waals surface area (Å²) in [6, 6.07) is 1.83. The molecule has 1 fully saturated rings. The Bertz CT molecular complexity index is 586. The zero-order valence-corrected chi connectivity index (χ0v) is 12.0. The van der Waals surface area contributed by atoms with Gasteiger partial charge in [-0.05, 0) is 19.4 Å². The maximum absolute atomic E-state index is 9.27. The Morgan fingerprint density at radius 1 is 1.33 bits per heavy atom. The lowest BCUT2D eigenvalue weighted by Gasteiger charge is -2.17. The molecular weight excluding hydrogens is 270 g/mol. The fraction of sp³-hybridized carbons (Fsp3) is 0.538. The standard InChI is InChI=1S/C13H19N7O/c1-2-14-11-16-12(19-7-4-10(8-19)9-21)18-13(17-11)20-6-3-5-15-20/h3,5-6,10,21H,2,4,7-9H2,1H3,(H,14,16,17,18). The maximum atomic E-state index is 9.27. The molecule has 21 heavy (non-hydrogen) atoms. The van der Waals surface area contributed by atoms with E-state index in [-0.39, 0.29) is 12.5 Å². The summed E-state index contributed by atoms with van der Waals surface area (Å²) in [5, 5.41) is 16.6. The second-order valence-electron chi connectivity index (χ2n) is 5.02. The third-order valence-electron chi connectivity index (χ3n) is 3.48. The highest BCUT2D eigenvalue weighted by Gasteiger charge is 2.25. The minimum Gasteiger partial charge on any atom is -0.396 e. The van der Waals surface area contributed by atoms with Gasteiger partial charge in [-0.25, -0.2) is 4.68 Å². The predicted molar refractivity (Wildman–Crippen MR) is 78.5 cm³/mol. The number of rotatable bonds is 5. The Kier molecular flexibility index (Phi) is 3.96. The molecule has 0 spiro atoms. The molecule has 2 aromatic rings. The summed E-state index contributed by atoms with van der Waals surface area (Å²) in [6.45, 7) is 4.55. The Hall–Kier alpha value is -2.22. The Balaban J connectivity index is 1.92. The fourth-order valence-corrected chi connectivity index (χ4v) is 2.39. The Morgan fingerprint density at radius 2 is 2.19 bits per heavy atom. The average Bonchev–Trinajstić information content (AvgIpc) is 3.19. The minimum absolute atomic E-state index is 0.202. The van der Waals surface area contributed by atoms with E-state index in [9.17, 15) is 5.11 Å². The molecule has 1 unspecified atom stereocenters. The highest BCUT2D eigenvalue weighted by atomic mass is 16.3. The molecule has 1 aliphatic rings. The molecule has 3 rings (SSSR count). The van der Waals surface area contributed by atoms with Crippen molar-refractivity contribution in [2.75, 3.05) is 36.5 Å². The van der Waals surface area contributed by atoms with Crippen molar-refractivity contribution in [1.82, 2.24) is 24.7 Å². The summed E-state index contributed by atoms with van der Waals surface area (Å²) in [4.78, 5) is 15.4. The molecule has 2 N–H and O–H groups in total. The van der Waals surface area contributed by atoms with Crippen molar-refractivity contribution in [1.29, 1.82) is 0 Å². The van der Waals surface area contributed by atoms with Gasteiger partial charge in [0.1, 0.15) is 0 Å². The molecule has 0 amide bonds. The van der Waals surface area contributed by atoms with Gasteiger partial charge in [0.15, 0.2) is 0 Å². The van der Waals surface area contributed by atoms with Crippen LogP contribution in [0.5, 0.6) is 0 Å². The van der Waals surface area contributed by atoms with Gasteiger partial charge in [0.2, 0.25) is 11.9 Å². The van der Waals surface area contributed by atoms with Crippen molar-refractivity contribution in [3.63, 3.8) is 0 Å². The van der Waals surface area contributed by atoms with Crippen LogP contribution in [-0.2, 0) is 0 Å². The van der Waals surface area contributed by atoms with Crippen LogP contribution < -0.4 is 10.2 Å². The van der Waals surface area contributed by atoms with Crippen molar-refractivity contribution in [3.05, 3.63) is 18.5 Å². The molecule has 1 saturated heterocycles. The van der Waals surface area contributed by atoms with E-state index >= 15 is 0 Å². The number of hydrogen-bond acceptors (Lipinski definition) is 7. The zero-order chi connectivity index (χ0) is 14.7. The first-order valence-corrected chi connectivity index (χ1v) is 7.16. The molecule has 1 atom stereocenters. The largest absolute Gasteiger partial charge is 0.396 e. The normalized spacial score (nSPS) is 18.2. The van der Waals surface area contributed by atoms with Crippen molar-refractivity contribution in [3.8, 4) is 5.95 Å². The second-order valence-corrected chi connectivity index (χ2v) is 5.02. The molecule has 8 nitrogen and oxygen atoms in total. The summed E-state index contributed by atoms with van der Waals surface area (Å²) in [5.41, 5.74) is 0. The highest BCUT2D eigenvalue weighted by molar-refractivity contribution is 5.40. The van der Waals surface area contributed by atoms with Crippen molar-refractivity contribution < 1.29 is 5.11 Å². The third-order valence-corrected chi connectivity index (χ3v) is 3.48. The number of hydrogen-bond donors (Lipinski definition) is 2. The average molecular weight is 289 g/mol. The van der Waals surface area contributed by atoms with Gasteiger partial charge in [0.25, 0.3) is 5.95 Å². The van der Waals surface area contributed by atoms with Crippen molar-refractivity contribution in [2.24, 2.45) is 5.92 Å². The van der Waals surface area contributed by atoms with Crippen molar-refractivity contribution >= 4 is 11.9 Å². The van der Waals surface area contributed by atoms with Crippen LogP contribution in [0, 0.1) is 5.92 Å². The molecule has 1 aliphatic heterocycles. The fourth-order valence-electron chi connectivity index (χ4n) is 2.39. The van der Waals surface area contributed by atoms with Gasteiger partial charge in [-0.1, -0.05) is 0 Å². The van der Waals surface area contributed by atoms with Crippen LogP contribution in [0.15, 0.2) is 18.5 Å². The van der Waals surface area contributed by atoms with E-state index in [4.69, 9.17) is 0 Å². The van der Waals surface area contributed by atoms with E-state index in [2.05, 4.69) is 30.3 Å². The quantitative estimate of drug-likeness (QED) is 0.818. The van der Waals surface area contributed by atoms with E-state index in [0.29, 0.717) is 17.8 Å². The first-order chi connectivity index (χ1) is 10.3. The predicted octanol–water partition coefficient (Wildman–Crippen LogP) is 0.308. The lowest BCUT2D eigenvalue weighted by molar-refractivity contribution is 0.238. The van der Waals surface area contributed by atoms with Crippen LogP contribution in [0.1, 0.15) is 13.3 Å². The van der Waals surface area contributed by atoms with Gasteiger partial charge in [-0.3, -0.25) is 0 Å². The lowest BCUT2D eigenvalue weighted by atomic mass is 10.1. The zero-order valence-electron chi connectivity index (χ0n) is 12.0. The molecule has 0 radical (unpaired) electrons. The molecule has 0 aromatic carbocycles. The van der Waals surface area contributed by atoms with E-state index in [1.165, 1.54) is 0 Å². The number of nitrogens with zero attached hydrogens (tertiary/aromatic N) is 6. The molecule has 112 valence electrons. The smallest absolute Gasteiger partial charge is 0.257 e. The number of nitrogens with one attached hydrogen (secondary N) is 1. The molecule has 2 aromatic heterocycles. The highest BCUT2D eigenvalue weighted by Crippen LogP contribution is 2.21. The van der Waals surface area contributed by atoms with Crippen LogP contribution in [-0.4, -0.2) is 56.1 Å². The van der Waals surface area contributed by atoms with Gasteiger partial charge in [0, 0.05) is 44.6 Å². The maximum Gasteiger partial charge on any atom is 0.257 e. The van der Waals surface area contributed by atoms with E-state index in [0.717, 1.165) is 26.1 Å². The molecule has 3 heterocycles. The third kappa shape index (κ3) is 2.94. The number of aliphatic hydroxyl groups excluding tert-OH is 1. The molecular formula is C13H19N7O. The molecule has 0 bridgehead atoms. The van der Waals surface area contributed by atoms with E-state index in [1.54, 1.807) is 17.1 Å². The van der Waals surface area contributed by atoms with E-state index in [1.807, 2.05) is 13.0 Å².